The van der Waals surface area contributed by atoms with Crippen molar-refractivity contribution in [1.29, 1.82) is 0 Å². The maximum absolute atomic E-state index is 5.90. The molecule has 2 aromatic rings. The van der Waals surface area contributed by atoms with E-state index in [4.69, 9.17) is 5.73 Å². The van der Waals surface area contributed by atoms with Crippen LogP contribution < -0.4 is 10.7 Å². The normalized spacial score (nSPS) is 17.2. The van der Waals surface area contributed by atoms with E-state index in [1.165, 1.54) is 42.5 Å². The topological polar surface area (TPSA) is 40.2 Å². The third-order valence-corrected chi connectivity index (χ3v) is 5.13. The maximum atomic E-state index is 5.90. The van der Waals surface area contributed by atoms with Crippen molar-refractivity contribution in [3.05, 3.63) is 59.1 Å². The number of benzene rings is 1. The van der Waals surface area contributed by atoms with Crippen LogP contribution in [0.4, 0.5) is 5.13 Å². The summed E-state index contributed by atoms with van der Waals surface area (Å²) in [6.45, 7) is 3.80. The van der Waals surface area contributed by atoms with E-state index in [0.717, 1.165) is 11.6 Å². The quantitative estimate of drug-likeness (QED) is 0.854. The predicted octanol–water partition coefficient (Wildman–Crippen LogP) is 3.73. The minimum Gasteiger partial charge on any atom is -0.278 e. The van der Waals surface area contributed by atoms with Crippen LogP contribution in [0, 0.1) is 0 Å². The molecule has 104 valence electrons. The van der Waals surface area contributed by atoms with Gasteiger partial charge in [-0.1, -0.05) is 54.5 Å². The van der Waals surface area contributed by atoms with Gasteiger partial charge in [0, 0.05) is 5.38 Å². The SMILES string of the molecule is C=CCc1ccc(C2(c3csc(N)[nH+]3)CCCC2)cc1. The Morgan fingerprint density at radius 3 is 2.50 bits per heavy atom. The fraction of sp³-hybridized carbons (Fsp3) is 0.353. The van der Waals surface area contributed by atoms with Crippen LogP contribution >= 0.6 is 11.3 Å². The number of aromatic amines is 1. The first-order chi connectivity index (χ1) is 9.74. The molecular weight excluding hydrogens is 264 g/mol. The Balaban J connectivity index is 2.00. The Labute approximate surface area is 124 Å². The lowest BCUT2D eigenvalue weighted by Gasteiger charge is -2.26. The molecular formula is C17H21N2S+. The smallest absolute Gasteiger partial charge is 0.278 e. The second kappa shape index (κ2) is 5.41. The molecule has 0 radical (unpaired) electrons. The molecule has 1 aliphatic rings. The third kappa shape index (κ3) is 2.27. The Kier molecular flexibility index (Phi) is 3.62. The number of nitrogen functional groups attached to an aromatic ring is 1. The van der Waals surface area contributed by atoms with E-state index in [2.05, 4.69) is 41.2 Å². The molecule has 0 atom stereocenters. The molecule has 0 spiro atoms. The molecule has 3 heteroatoms. The largest absolute Gasteiger partial charge is 0.329 e. The monoisotopic (exact) mass is 285 g/mol. The van der Waals surface area contributed by atoms with E-state index in [1.54, 1.807) is 11.3 Å². The van der Waals surface area contributed by atoms with Crippen LogP contribution in [0.25, 0.3) is 0 Å². The van der Waals surface area contributed by atoms with E-state index in [1.807, 2.05) is 6.08 Å². The van der Waals surface area contributed by atoms with Gasteiger partial charge in [-0.2, -0.15) is 0 Å². The van der Waals surface area contributed by atoms with Gasteiger partial charge in [0.1, 0.15) is 5.69 Å². The summed E-state index contributed by atoms with van der Waals surface area (Å²) in [5.74, 6) is 0. The third-order valence-electron chi connectivity index (χ3n) is 4.42. The number of aromatic nitrogens is 1. The summed E-state index contributed by atoms with van der Waals surface area (Å²) in [4.78, 5) is 3.38. The van der Waals surface area contributed by atoms with Gasteiger partial charge in [-0.3, -0.25) is 5.73 Å². The molecule has 1 aromatic heterocycles. The van der Waals surface area contributed by atoms with Gasteiger partial charge in [0.05, 0.1) is 5.41 Å². The zero-order valence-electron chi connectivity index (χ0n) is 11.7. The predicted molar refractivity (Wildman–Crippen MR) is 84.9 cm³/mol. The highest BCUT2D eigenvalue weighted by Crippen LogP contribution is 2.45. The maximum Gasteiger partial charge on any atom is 0.329 e. The lowest BCUT2D eigenvalue weighted by atomic mass is 9.76. The van der Waals surface area contributed by atoms with Crippen molar-refractivity contribution in [2.24, 2.45) is 0 Å². The highest BCUT2D eigenvalue weighted by atomic mass is 32.1. The molecule has 3 rings (SSSR count). The number of hydrogen-bond donors (Lipinski definition) is 1. The summed E-state index contributed by atoms with van der Waals surface area (Å²) in [5, 5.41) is 2.99. The zero-order chi connectivity index (χ0) is 14.0. The van der Waals surface area contributed by atoms with Crippen molar-refractivity contribution in [2.45, 2.75) is 37.5 Å². The van der Waals surface area contributed by atoms with Crippen molar-refractivity contribution in [2.75, 3.05) is 5.73 Å². The fourth-order valence-corrected chi connectivity index (χ4v) is 4.06. The average Bonchev–Trinajstić information content (AvgIpc) is 3.09. The lowest BCUT2D eigenvalue weighted by Crippen LogP contribution is -2.30. The number of thiazole rings is 1. The van der Waals surface area contributed by atoms with Crippen molar-refractivity contribution < 1.29 is 4.98 Å². The number of H-pyrrole nitrogens is 1. The summed E-state index contributed by atoms with van der Waals surface area (Å²) in [7, 11) is 0. The first-order valence-corrected chi connectivity index (χ1v) is 8.10. The van der Waals surface area contributed by atoms with Crippen LogP contribution in [0.3, 0.4) is 0 Å². The number of rotatable bonds is 4. The molecule has 1 fully saturated rings. The number of anilines is 1. The van der Waals surface area contributed by atoms with Gasteiger partial charge in [0.25, 0.3) is 0 Å². The fourth-order valence-electron chi connectivity index (χ4n) is 3.37. The standard InChI is InChI=1S/C17H20N2S/c1-2-5-13-6-8-14(9-7-13)17(10-3-4-11-17)15-12-20-16(18)19-15/h2,6-9,12H,1,3-5,10-11H2,(H2,18,19)/p+1. The van der Waals surface area contributed by atoms with Crippen molar-refractivity contribution in [1.82, 2.24) is 0 Å². The van der Waals surface area contributed by atoms with E-state index in [-0.39, 0.29) is 5.41 Å². The number of allylic oxidation sites excluding steroid dienone is 1. The highest BCUT2D eigenvalue weighted by molar-refractivity contribution is 7.13. The minimum atomic E-state index is 0.140. The Morgan fingerprint density at radius 1 is 1.25 bits per heavy atom. The molecule has 1 heterocycles. The van der Waals surface area contributed by atoms with Gasteiger partial charge in [0.15, 0.2) is 0 Å². The molecule has 2 nitrogen and oxygen atoms in total. The van der Waals surface area contributed by atoms with Gasteiger partial charge >= 0.3 is 5.13 Å². The number of nitrogens with two attached hydrogens (primary N) is 1. The molecule has 0 aliphatic heterocycles. The van der Waals surface area contributed by atoms with Gasteiger partial charge in [-0.05, 0) is 30.4 Å². The molecule has 1 aromatic carbocycles. The highest BCUT2D eigenvalue weighted by Gasteiger charge is 2.40. The zero-order valence-corrected chi connectivity index (χ0v) is 12.5. The van der Waals surface area contributed by atoms with Gasteiger partial charge in [0.2, 0.25) is 0 Å². The number of hydrogen-bond acceptors (Lipinski definition) is 2. The molecule has 0 bridgehead atoms. The molecule has 0 amide bonds. The molecule has 0 saturated heterocycles. The van der Waals surface area contributed by atoms with Crippen LogP contribution in [0.1, 0.15) is 42.5 Å². The summed E-state index contributed by atoms with van der Waals surface area (Å²) < 4.78 is 0. The van der Waals surface area contributed by atoms with E-state index >= 15 is 0 Å². The summed E-state index contributed by atoms with van der Waals surface area (Å²) in [6, 6.07) is 9.03. The van der Waals surface area contributed by atoms with Crippen molar-refractivity contribution in [3.63, 3.8) is 0 Å². The summed E-state index contributed by atoms with van der Waals surface area (Å²) in [6.07, 6.45) is 7.88. The first kappa shape index (κ1) is 13.4. The minimum absolute atomic E-state index is 0.140. The van der Waals surface area contributed by atoms with Crippen LogP contribution in [-0.4, -0.2) is 0 Å². The first-order valence-electron chi connectivity index (χ1n) is 7.22. The van der Waals surface area contributed by atoms with E-state index in [9.17, 15) is 0 Å². The summed E-state index contributed by atoms with van der Waals surface area (Å²) in [5.41, 5.74) is 10.1. The van der Waals surface area contributed by atoms with E-state index in [0.29, 0.717) is 0 Å². The van der Waals surface area contributed by atoms with Gasteiger partial charge in [-0.25, -0.2) is 4.98 Å². The average molecular weight is 285 g/mol. The molecule has 20 heavy (non-hydrogen) atoms. The number of nitrogens with one attached hydrogen (secondary N) is 1. The molecule has 1 saturated carbocycles. The van der Waals surface area contributed by atoms with Gasteiger partial charge < -0.3 is 0 Å². The Bertz CT molecular complexity index is 592. The van der Waals surface area contributed by atoms with Crippen LogP contribution in [-0.2, 0) is 11.8 Å². The lowest BCUT2D eigenvalue weighted by molar-refractivity contribution is -0.373. The molecule has 1 aliphatic carbocycles. The Hall–Kier alpha value is -1.61. The van der Waals surface area contributed by atoms with Gasteiger partial charge in [-0.15, -0.1) is 6.58 Å². The van der Waals surface area contributed by atoms with Crippen LogP contribution in [0.5, 0.6) is 0 Å². The Morgan fingerprint density at radius 2 is 1.95 bits per heavy atom. The second-order valence-corrected chi connectivity index (χ2v) is 6.53. The van der Waals surface area contributed by atoms with E-state index < -0.39 is 0 Å². The van der Waals surface area contributed by atoms with Crippen molar-refractivity contribution in [3.8, 4) is 0 Å². The summed E-state index contributed by atoms with van der Waals surface area (Å²) >= 11 is 1.60. The van der Waals surface area contributed by atoms with Crippen LogP contribution in [0.2, 0.25) is 0 Å². The second-order valence-electron chi connectivity index (χ2n) is 5.62. The molecule has 3 N–H and O–H groups in total. The molecule has 0 unspecified atom stereocenters. The van der Waals surface area contributed by atoms with Crippen LogP contribution in [0.15, 0.2) is 42.3 Å². The van der Waals surface area contributed by atoms with Crippen molar-refractivity contribution >= 4 is 16.5 Å².